The summed E-state index contributed by atoms with van der Waals surface area (Å²) in [6.45, 7) is 2.51. The van der Waals surface area contributed by atoms with Crippen molar-refractivity contribution in [1.82, 2.24) is 4.90 Å². The monoisotopic (exact) mass is 236 g/mol. The lowest BCUT2D eigenvalue weighted by Gasteiger charge is -2.19. The summed E-state index contributed by atoms with van der Waals surface area (Å²) in [5.41, 5.74) is 6.73. The Bertz CT molecular complexity index is 362. The van der Waals surface area contributed by atoms with E-state index in [1.807, 2.05) is 6.92 Å². The van der Waals surface area contributed by atoms with Gasteiger partial charge in [-0.05, 0) is 24.1 Å². The number of carbonyl (C=O) groups excluding carboxylic acids is 1. The van der Waals surface area contributed by atoms with Gasteiger partial charge in [0.1, 0.15) is 5.75 Å². The van der Waals surface area contributed by atoms with Crippen molar-refractivity contribution in [2.45, 2.75) is 32.4 Å². The normalized spacial score (nSPS) is 12.2. The first-order valence-corrected chi connectivity index (χ1v) is 5.80. The number of hydrogen-bond donors (Lipinski definition) is 2. The summed E-state index contributed by atoms with van der Waals surface area (Å²) in [6, 6.07) is 6.78. The van der Waals surface area contributed by atoms with E-state index in [0.717, 1.165) is 12.0 Å². The number of hydrogen-bond acceptors (Lipinski definition) is 3. The summed E-state index contributed by atoms with van der Waals surface area (Å²) in [5.74, 6) is 0.281. The molecule has 1 aromatic rings. The van der Waals surface area contributed by atoms with Gasteiger partial charge in [-0.25, -0.2) is 0 Å². The van der Waals surface area contributed by atoms with Crippen LogP contribution in [0.5, 0.6) is 5.75 Å². The molecule has 17 heavy (non-hydrogen) atoms. The smallest absolute Gasteiger partial charge is 0.224 e. The van der Waals surface area contributed by atoms with Gasteiger partial charge in [0.2, 0.25) is 5.91 Å². The Morgan fingerprint density at radius 2 is 2.00 bits per heavy atom. The molecule has 1 rings (SSSR count). The summed E-state index contributed by atoms with van der Waals surface area (Å²) in [5, 5.41) is 9.15. The molecular weight excluding hydrogens is 216 g/mol. The van der Waals surface area contributed by atoms with Crippen molar-refractivity contribution in [3.05, 3.63) is 29.8 Å². The molecule has 0 fully saturated rings. The van der Waals surface area contributed by atoms with Crippen LogP contribution >= 0.6 is 0 Å². The van der Waals surface area contributed by atoms with Crippen LogP contribution < -0.4 is 5.73 Å². The van der Waals surface area contributed by atoms with E-state index in [0.29, 0.717) is 13.0 Å². The van der Waals surface area contributed by atoms with Gasteiger partial charge in [-0.15, -0.1) is 0 Å². The second-order valence-electron chi connectivity index (χ2n) is 4.29. The molecule has 94 valence electrons. The fraction of sp³-hybridized carbons (Fsp3) is 0.462. The van der Waals surface area contributed by atoms with E-state index in [1.165, 1.54) is 0 Å². The van der Waals surface area contributed by atoms with Crippen LogP contribution in [0.15, 0.2) is 24.3 Å². The highest BCUT2D eigenvalue weighted by Crippen LogP contribution is 2.11. The van der Waals surface area contributed by atoms with Crippen LogP contribution in [-0.2, 0) is 11.3 Å². The molecule has 1 aromatic carbocycles. The second-order valence-corrected chi connectivity index (χ2v) is 4.29. The Hall–Kier alpha value is -1.55. The highest BCUT2D eigenvalue weighted by atomic mass is 16.3. The number of aromatic hydroxyl groups is 1. The summed E-state index contributed by atoms with van der Waals surface area (Å²) >= 11 is 0. The number of phenolic OH excluding ortho intramolecular Hbond substituents is 1. The van der Waals surface area contributed by atoms with Crippen LogP contribution in [0.3, 0.4) is 0 Å². The SMILES string of the molecule is CCC(N)CC(=O)N(C)Cc1ccc(O)cc1. The predicted molar refractivity (Wildman–Crippen MR) is 67.5 cm³/mol. The zero-order chi connectivity index (χ0) is 12.8. The Kier molecular flexibility index (Phi) is 4.97. The highest BCUT2D eigenvalue weighted by Gasteiger charge is 2.12. The van der Waals surface area contributed by atoms with Crippen molar-refractivity contribution in [1.29, 1.82) is 0 Å². The fourth-order valence-electron chi connectivity index (χ4n) is 1.49. The molecule has 0 aliphatic rings. The molecule has 0 aliphatic carbocycles. The molecule has 1 amide bonds. The van der Waals surface area contributed by atoms with Gasteiger partial charge in [-0.1, -0.05) is 19.1 Å². The number of benzene rings is 1. The first-order chi connectivity index (χ1) is 8.02. The molecule has 0 saturated heterocycles. The summed E-state index contributed by atoms with van der Waals surface area (Å²) in [7, 11) is 1.76. The van der Waals surface area contributed by atoms with Crippen LogP contribution in [-0.4, -0.2) is 29.0 Å². The van der Waals surface area contributed by atoms with Crippen molar-refractivity contribution < 1.29 is 9.90 Å². The standard InChI is InChI=1S/C13H20N2O2/c1-3-11(14)8-13(17)15(2)9-10-4-6-12(16)7-5-10/h4-7,11,16H,3,8-9,14H2,1-2H3. The first-order valence-electron chi connectivity index (χ1n) is 5.80. The van der Waals surface area contributed by atoms with Crippen molar-refractivity contribution in [2.24, 2.45) is 5.73 Å². The Balaban J connectivity index is 2.51. The second kappa shape index (κ2) is 6.25. The number of nitrogens with zero attached hydrogens (tertiary/aromatic N) is 1. The third-order valence-corrected chi connectivity index (χ3v) is 2.74. The van der Waals surface area contributed by atoms with Crippen molar-refractivity contribution >= 4 is 5.91 Å². The van der Waals surface area contributed by atoms with Crippen LogP contribution in [0.25, 0.3) is 0 Å². The van der Waals surface area contributed by atoms with Crippen LogP contribution in [0.1, 0.15) is 25.3 Å². The maximum absolute atomic E-state index is 11.8. The minimum atomic E-state index is -0.0650. The van der Waals surface area contributed by atoms with E-state index in [2.05, 4.69) is 0 Å². The molecular formula is C13H20N2O2. The largest absolute Gasteiger partial charge is 0.508 e. The van der Waals surface area contributed by atoms with E-state index in [4.69, 9.17) is 10.8 Å². The molecule has 0 bridgehead atoms. The molecule has 0 saturated carbocycles. The molecule has 1 unspecified atom stereocenters. The molecule has 0 radical (unpaired) electrons. The molecule has 1 atom stereocenters. The molecule has 3 N–H and O–H groups in total. The van der Waals surface area contributed by atoms with Gasteiger partial charge in [-0.3, -0.25) is 4.79 Å². The minimum Gasteiger partial charge on any atom is -0.508 e. The average molecular weight is 236 g/mol. The van der Waals surface area contributed by atoms with Gasteiger partial charge in [-0.2, -0.15) is 0 Å². The third kappa shape index (κ3) is 4.44. The zero-order valence-corrected chi connectivity index (χ0v) is 10.4. The van der Waals surface area contributed by atoms with Crippen LogP contribution in [0.4, 0.5) is 0 Å². The van der Waals surface area contributed by atoms with Gasteiger partial charge >= 0.3 is 0 Å². The highest BCUT2D eigenvalue weighted by molar-refractivity contribution is 5.76. The Morgan fingerprint density at radius 3 is 2.53 bits per heavy atom. The van der Waals surface area contributed by atoms with Crippen LogP contribution in [0.2, 0.25) is 0 Å². The van der Waals surface area contributed by atoms with Gasteiger partial charge < -0.3 is 15.7 Å². The fourth-order valence-corrected chi connectivity index (χ4v) is 1.49. The summed E-state index contributed by atoms with van der Waals surface area (Å²) < 4.78 is 0. The minimum absolute atomic E-state index is 0.0485. The molecule has 0 aliphatic heterocycles. The Labute approximate surface area is 102 Å². The lowest BCUT2D eigenvalue weighted by atomic mass is 10.1. The maximum Gasteiger partial charge on any atom is 0.224 e. The van der Waals surface area contributed by atoms with Gasteiger partial charge in [0.05, 0.1) is 0 Å². The van der Waals surface area contributed by atoms with Gasteiger partial charge in [0.15, 0.2) is 0 Å². The zero-order valence-electron chi connectivity index (χ0n) is 10.4. The lowest BCUT2D eigenvalue weighted by molar-refractivity contribution is -0.130. The van der Waals surface area contributed by atoms with Crippen molar-refractivity contribution in [2.75, 3.05) is 7.05 Å². The lowest BCUT2D eigenvalue weighted by Crippen LogP contribution is -2.32. The predicted octanol–water partition coefficient (Wildman–Crippen LogP) is 1.48. The molecule has 0 aromatic heterocycles. The van der Waals surface area contributed by atoms with E-state index in [-0.39, 0.29) is 17.7 Å². The topological polar surface area (TPSA) is 66.6 Å². The number of rotatable bonds is 5. The van der Waals surface area contributed by atoms with Gasteiger partial charge in [0.25, 0.3) is 0 Å². The van der Waals surface area contributed by atoms with Crippen molar-refractivity contribution in [3.63, 3.8) is 0 Å². The quantitative estimate of drug-likeness (QED) is 0.813. The van der Waals surface area contributed by atoms with E-state index in [1.54, 1.807) is 36.2 Å². The summed E-state index contributed by atoms with van der Waals surface area (Å²) in [4.78, 5) is 13.4. The molecule has 4 nitrogen and oxygen atoms in total. The Morgan fingerprint density at radius 1 is 1.41 bits per heavy atom. The number of amides is 1. The number of carbonyl (C=O) groups is 1. The number of phenols is 1. The summed E-state index contributed by atoms with van der Waals surface area (Å²) in [6.07, 6.45) is 1.18. The number of nitrogens with two attached hydrogens (primary N) is 1. The maximum atomic E-state index is 11.8. The van der Waals surface area contributed by atoms with E-state index < -0.39 is 0 Å². The molecule has 4 heteroatoms. The van der Waals surface area contributed by atoms with Crippen LogP contribution in [0, 0.1) is 0 Å². The molecule has 0 spiro atoms. The van der Waals surface area contributed by atoms with Crippen molar-refractivity contribution in [3.8, 4) is 5.75 Å². The first kappa shape index (κ1) is 13.5. The van der Waals surface area contributed by atoms with E-state index in [9.17, 15) is 4.79 Å². The molecule has 0 heterocycles. The third-order valence-electron chi connectivity index (χ3n) is 2.74. The van der Waals surface area contributed by atoms with E-state index >= 15 is 0 Å². The van der Waals surface area contributed by atoms with Gasteiger partial charge in [0, 0.05) is 26.1 Å². The average Bonchev–Trinajstić information content (AvgIpc) is 2.31.